The first-order valence-corrected chi connectivity index (χ1v) is 20.8. The fourth-order valence-electron chi connectivity index (χ4n) is 5.30. The second-order valence-corrected chi connectivity index (χ2v) is 22.7. The van der Waals surface area contributed by atoms with E-state index in [1.165, 1.54) is 70.1 Å². The number of carbonyl (C=O) groups is 1. The van der Waals surface area contributed by atoms with Crippen LogP contribution in [0.5, 0.6) is 0 Å². The van der Waals surface area contributed by atoms with Gasteiger partial charge in [-0.25, -0.2) is 0 Å². The van der Waals surface area contributed by atoms with E-state index in [-0.39, 0.29) is 11.9 Å². The van der Waals surface area contributed by atoms with Gasteiger partial charge in [-0.2, -0.15) is 0 Å². The number of hydrogen-bond donors (Lipinski definition) is 0. The van der Waals surface area contributed by atoms with E-state index in [0.29, 0.717) is 17.9 Å². The molecule has 1 aliphatic rings. The molecule has 0 amide bonds. The van der Waals surface area contributed by atoms with Crippen molar-refractivity contribution in [2.45, 2.75) is 84.9 Å². The van der Waals surface area contributed by atoms with Crippen LogP contribution in [0.2, 0.25) is 13.3 Å². The number of carbonyl (C=O) groups excluding carboxylic acids is 1. The van der Waals surface area contributed by atoms with Gasteiger partial charge in [-0.05, 0) is 0 Å². The van der Waals surface area contributed by atoms with Gasteiger partial charge in [0.05, 0.1) is 0 Å². The van der Waals surface area contributed by atoms with E-state index in [1.807, 2.05) is 0 Å². The number of ether oxygens (including phenoxy) is 2. The molecule has 3 nitrogen and oxygen atoms in total. The maximum atomic E-state index is 12.2. The summed E-state index contributed by atoms with van der Waals surface area (Å²) in [5, 5.41) is 0. The average molecular weight is 561 g/mol. The molecule has 0 spiro atoms. The minimum atomic E-state index is -2.45. The Bertz CT molecular complexity index is 734. The minimum absolute atomic E-state index is 0.194. The molecule has 33 heavy (non-hydrogen) atoms. The van der Waals surface area contributed by atoms with Crippen molar-refractivity contribution in [1.29, 1.82) is 0 Å². The SMILES string of the molecule is C=C(CC(c1ccccc1)C1COC/C1=[CH]\[Sn]([CH2]CCC)([CH2]CCC)[CH2]CCC)C(=O)OC. The molecule has 0 saturated carbocycles. The van der Waals surface area contributed by atoms with Gasteiger partial charge in [0.1, 0.15) is 0 Å². The van der Waals surface area contributed by atoms with Gasteiger partial charge in [-0.15, -0.1) is 0 Å². The molecule has 0 aromatic heterocycles. The zero-order valence-corrected chi connectivity index (χ0v) is 24.4. The summed E-state index contributed by atoms with van der Waals surface area (Å²) >= 11 is -2.45. The third kappa shape index (κ3) is 8.58. The standard InChI is InChI=1S/C17H19O3.3C4H9.Sn/c1-12(17(18)19-3)9-15(14-7-5-4-6-8-14)16-11-20-10-13(16)2;3*1-3-4-2;/h2,4-8,15-16H,1,9-11H2,3H3;3*1,3-4H2,2H3;. The van der Waals surface area contributed by atoms with Gasteiger partial charge < -0.3 is 0 Å². The fourth-order valence-corrected chi connectivity index (χ4v) is 20.8. The number of benzene rings is 1. The first-order valence-electron chi connectivity index (χ1n) is 13.1. The van der Waals surface area contributed by atoms with Crippen LogP contribution in [0.1, 0.15) is 77.2 Å². The second kappa shape index (κ2) is 15.0. The van der Waals surface area contributed by atoms with Crippen molar-refractivity contribution < 1.29 is 14.3 Å². The third-order valence-corrected chi connectivity index (χ3v) is 21.6. The summed E-state index contributed by atoms with van der Waals surface area (Å²) in [5.41, 5.74) is 3.33. The van der Waals surface area contributed by atoms with Crippen molar-refractivity contribution in [3.8, 4) is 0 Å². The topological polar surface area (TPSA) is 35.5 Å². The monoisotopic (exact) mass is 562 g/mol. The van der Waals surface area contributed by atoms with Gasteiger partial charge in [-0.3, -0.25) is 0 Å². The Balaban J connectivity index is 2.43. The van der Waals surface area contributed by atoms with Crippen LogP contribution in [0.4, 0.5) is 0 Å². The Morgan fingerprint density at radius 3 is 2.18 bits per heavy atom. The molecule has 4 heteroatoms. The molecule has 0 N–H and O–H groups in total. The number of hydrogen-bond acceptors (Lipinski definition) is 3. The summed E-state index contributed by atoms with van der Waals surface area (Å²) in [6.07, 6.45) is 8.55. The van der Waals surface area contributed by atoms with Gasteiger partial charge in [0, 0.05) is 0 Å². The van der Waals surface area contributed by atoms with Crippen molar-refractivity contribution in [3.63, 3.8) is 0 Å². The number of methoxy groups -OCH3 is 1. The van der Waals surface area contributed by atoms with Crippen molar-refractivity contribution in [2.75, 3.05) is 20.3 Å². The fraction of sp³-hybridized carbons (Fsp3) is 0.621. The van der Waals surface area contributed by atoms with Crippen LogP contribution in [0.25, 0.3) is 0 Å². The van der Waals surface area contributed by atoms with Crippen molar-refractivity contribution in [3.05, 3.63) is 57.7 Å². The first-order chi connectivity index (χ1) is 16.0. The quantitative estimate of drug-likeness (QED) is 0.124. The number of esters is 1. The molecule has 1 aromatic rings. The van der Waals surface area contributed by atoms with Gasteiger partial charge in [0.2, 0.25) is 0 Å². The molecule has 184 valence electrons. The Kier molecular flexibility index (Phi) is 12.8. The Labute approximate surface area is 206 Å². The van der Waals surface area contributed by atoms with E-state index >= 15 is 0 Å². The molecule has 2 atom stereocenters. The predicted octanol–water partition coefficient (Wildman–Crippen LogP) is 7.85. The summed E-state index contributed by atoms with van der Waals surface area (Å²) in [5.74, 6) is 0.205. The van der Waals surface area contributed by atoms with Crippen LogP contribution in [-0.2, 0) is 14.3 Å². The van der Waals surface area contributed by atoms with Crippen LogP contribution in [0.3, 0.4) is 0 Å². The first kappa shape index (κ1) is 28.2. The molecule has 0 bridgehead atoms. The van der Waals surface area contributed by atoms with Crippen LogP contribution in [0.15, 0.2) is 52.1 Å². The Hall–Kier alpha value is -1.07. The molecule has 1 saturated heterocycles. The Morgan fingerprint density at radius 1 is 1.09 bits per heavy atom. The molecule has 0 radical (unpaired) electrons. The van der Waals surface area contributed by atoms with Crippen LogP contribution < -0.4 is 0 Å². The third-order valence-electron chi connectivity index (χ3n) is 7.27. The molecule has 2 unspecified atom stereocenters. The normalized spacial score (nSPS) is 18.4. The van der Waals surface area contributed by atoms with Gasteiger partial charge in [-0.1, -0.05) is 0 Å². The average Bonchev–Trinajstić information content (AvgIpc) is 3.30. The van der Waals surface area contributed by atoms with E-state index < -0.39 is 18.4 Å². The van der Waals surface area contributed by atoms with E-state index in [2.05, 4.69) is 61.8 Å². The zero-order chi connectivity index (χ0) is 24.1. The molecular weight excluding hydrogens is 515 g/mol. The number of unbranched alkanes of at least 4 members (excludes halogenated alkanes) is 3. The molecule has 1 aromatic carbocycles. The summed E-state index contributed by atoms with van der Waals surface area (Å²) < 4.78 is 18.3. The van der Waals surface area contributed by atoms with Gasteiger partial charge in [0.25, 0.3) is 0 Å². The number of rotatable bonds is 15. The summed E-state index contributed by atoms with van der Waals surface area (Å²) in [6.45, 7) is 12.5. The Morgan fingerprint density at radius 2 is 1.67 bits per heavy atom. The maximum absolute atomic E-state index is 12.2. The van der Waals surface area contributed by atoms with Crippen molar-refractivity contribution in [1.82, 2.24) is 0 Å². The van der Waals surface area contributed by atoms with Gasteiger partial charge in [0.15, 0.2) is 0 Å². The summed E-state index contributed by atoms with van der Waals surface area (Å²) in [4.78, 5) is 12.2. The molecule has 1 heterocycles. The van der Waals surface area contributed by atoms with Crippen LogP contribution in [-0.4, -0.2) is 44.7 Å². The van der Waals surface area contributed by atoms with Crippen LogP contribution >= 0.6 is 0 Å². The summed E-state index contributed by atoms with van der Waals surface area (Å²) in [7, 11) is 1.44. The molecule has 2 rings (SSSR count). The molecule has 0 aliphatic carbocycles. The molecular formula is C29H46O3Sn. The van der Waals surface area contributed by atoms with E-state index in [0.717, 1.165) is 13.2 Å². The second-order valence-electron chi connectivity index (χ2n) is 9.83. The van der Waals surface area contributed by atoms with E-state index in [4.69, 9.17) is 9.47 Å². The zero-order valence-electron chi connectivity index (χ0n) is 21.5. The van der Waals surface area contributed by atoms with Crippen molar-refractivity contribution >= 4 is 24.3 Å². The van der Waals surface area contributed by atoms with Gasteiger partial charge >= 0.3 is 208 Å². The van der Waals surface area contributed by atoms with E-state index in [9.17, 15) is 4.79 Å². The van der Waals surface area contributed by atoms with Crippen molar-refractivity contribution in [2.24, 2.45) is 5.92 Å². The van der Waals surface area contributed by atoms with Crippen LogP contribution in [0, 0.1) is 5.92 Å². The molecule has 1 aliphatic heterocycles. The summed E-state index contributed by atoms with van der Waals surface area (Å²) in [6, 6.07) is 10.6. The van der Waals surface area contributed by atoms with E-state index in [1.54, 1.807) is 0 Å². The molecule has 1 fully saturated rings. The predicted molar refractivity (Wildman–Crippen MR) is 142 cm³/mol.